The molecule has 1 saturated heterocycles. The number of benzene rings is 3. The van der Waals surface area contributed by atoms with Gasteiger partial charge in [0.2, 0.25) is 10.0 Å². The smallest absolute Gasteiger partial charge is 0.255 e. The fraction of sp³-hybridized carbons (Fsp3) is 0.269. The highest BCUT2D eigenvalue weighted by molar-refractivity contribution is 7.89. The first-order valence-corrected chi connectivity index (χ1v) is 12.8. The van der Waals surface area contributed by atoms with E-state index in [4.69, 9.17) is 0 Å². The molecule has 0 saturated carbocycles. The Morgan fingerprint density at radius 2 is 1.64 bits per heavy atom. The molecule has 2 aliphatic heterocycles. The van der Waals surface area contributed by atoms with Gasteiger partial charge in [-0.05, 0) is 60.7 Å². The van der Waals surface area contributed by atoms with Crippen LogP contribution in [0.1, 0.15) is 34.3 Å². The summed E-state index contributed by atoms with van der Waals surface area (Å²) in [6, 6.07) is 22.5. The van der Waals surface area contributed by atoms with E-state index in [-0.39, 0.29) is 10.8 Å². The lowest BCUT2D eigenvalue weighted by Crippen LogP contribution is -2.28. The standard InChI is InChI=1S/C26H27N3O3S/c30-26(21-10-7-11-23(18-21)33(31,32)29-15-5-6-16-29)27-24-12-3-1-9-22(24)19-28-17-14-20-8-2-4-13-25(20)28/h1-4,7-13,18H,5-6,14-17,19H2,(H,27,30). The zero-order valence-corrected chi connectivity index (χ0v) is 19.2. The van der Waals surface area contributed by atoms with E-state index in [9.17, 15) is 13.2 Å². The molecule has 2 aliphatic rings. The molecule has 33 heavy (non-hydrogen) atoms. The van der Waals surface area contributed by atoms with Gasteiger partial charge >= 0.3 is 0 Å². The molecule has 3 aromatic rings. The maximum Gasteiger partial charge on any atom is 0.255 e. The quantitative estimate of drug-likeness (QED) is 0.595. The number of amides is 1. The highest BCUT2D eigenvalue weighted by Crippen LogP contribution is 2.30. The van der Waals surface area contributed by atoms with Crippen LogP contribution >= 0.6 is 0 Å². The summed E-state index contributed by atoms with van der Waals surface area (Å²) < 4.78 is 27.3. The Morgan fingerprint density at radius 3 is 2.48 bits per heavy atom. The summed E-state index contributed by atoms with van der Waals surface area (Å²) >= 11 is 0. The van der Waals surface area contributed by atoms with Crippen LogP contribution < -0.4 is 10.2 Å². The lowest BCUT2D eigenvalue weighted by Gasteiger charge is -2.21. The topological polar surface area (TPSA) is 69.7 Å². The third-order valence-electron chi connectivity index (χ3n) is 6.41. The van der Waals surface area contributed by atoms with Crippen LogP contribution in [-0.4, -0.2) is 38.3 Å². The zero-order valence-electron chi connectivity index (χ0n) is 18.4. The molecule has 5 rings (SSSR count). The second-order valence-corrected chi connectivity index (χ2v) is 10.5. The molecule has 0 unspecified atom stereocenters. The molecule has 1 fully saturated rings. The van der Waals surface area contributed by atoms with E-state index in [1.807, 2.05) is 30.3 Å². The number of nitrogens with one attached hydrogen (secondary N) is 1. The summed E-state index contributed by atoms with van der Waals surface area (Å²) in [5.74, 6) is -0.317. The molecule has 170 valence electrons. The second kappa shape index (κ2) is 9.00. The van der Waals surface area contributed by atoms with Crippen LogP contribution in [-0.2, 0) is 23.0 Å². The lowest BCUT2D eigenvalue weighted by molar-refractivity contribution is 0.102. The van der Waals surface area contributed by atoms with E-state index in [1.165, 1.54) is 21.6 Å². The number of hydrogen-bond acceptors (Lipinski definition) is 4. The van der Waals surface area contributed by atoms with E-state index in [2.05, 4.69) is 28.4 Å². The van der Waals surface area contributed by atoms with Crippen molar-refractivity contribution in [1.29, 1.82) is 0 Å². The van der Waals surface area contributed by atoms with Gasteiger partial charge in [0.15, 0.2) is 0 Å². The summed E-state index contributed by atoms with van der Waals surface area (Å²) in [7, 11) is -3.57. The number of nitrogens with zero attached hydrogens (tertiary/aromatic N) is 2. The fourth-order valence-electron chi connectivity index (χ4n) is 4.63. The summed E-state index contributed by atoms with van der Waals surface area (Å²) in [6.07, 6.45) is 2.76. The van der Waals surface area contributed by atoms with Crippen LogP contribution in [0.25, 0.3) is 0 Å². The first-order valence-electron chi connectivity index (χ1n) is 11.3. The molecule has 6 nitrogen and oxygen atoms in total. The summed E-state index contributed by atoms with van der Waals surface area (Å²) in [4.78, 5) is 15.6. The molecule has 0 aliphatic carbocycles. The number of carbonyl (C=O) groups excluding carboxylic acids is 1. The van der Waals surface area contributed by atoms with Crippen LogP contribution in [0.3, 0.4) is 0 Å². The molecule has 1 amide bonds. The average molecular weight is 462 g/mol. The molecule has 2 heterocycles. The minimum atomic E-state index is -3.57. The highest BCUT2D eigenvalue weighted by atomic mass is 32.2. The predicted octanol–water partition coefficient (Wildman–Crippen LogP) is 4.29. The number of hydrogen-bond donors (Lipinski definition) is 1. The Hall–Kier alpha value is -3.16. The molecule has 0 aromatic heterocycles. The van der Waals surface area contributed by atoms with Crippen LogP contribution in [0.4, 0.5) is 11.4 Å². The van der Waals surface area contributed by atoms with Crippen LogP contribution in [0.2, 0.25) is 0 Å². The third kappa shape index (κ3) is 4.38. The van der Waals surface area contributed by atoms with Gasteiger partial charge in [0.25, 0.3) is 5.91 Å². The number of rotatable bonds is 6. The highest BCUT2D eigenvalue weighted by Gasteiger charge is 2.27. The van der Waals surface area contributed by atoms with Crippen LogP contribution in [0.15, 0.2) is 77.7 Å². The maximum atomic E-state index is 13.1. The van der Waals surface area contributed by atoms with E-state index in [0.29, 0.717) is 25.2 Å². The first kappa shape index (κ1) is 21.7. The summed E-state index contributed by atoms with van der Waals surface area (Å²) in [6.45, 7) is 2.70. The predicted molar refractivity (Wildman–Crippen MR) is 130 cm³/mol. The molecule has 3 aromatic carbocycles. The monoisotopic (exact) mass is 461 g/mol. The molecule has 1 N–H and O–H groups in total. The van der Waals surface area contributed by atoms with Gasteiger partial charge in [-0.2, -0.15) is 4.31 Å². The van der Waals surface area contributed by atoms with Crippen molar-refractivity contribution >= 4 is 27.3 Å². The van der Waals surface area contributed by atoms with Gasteiger partial charge in [-0.25, -0.2) is 8.42 Å². The number of sulfonamides is 1. The van der Waals surface area contributed by atoms with Gasteiger partial charge in [0.05, 0.1) is 4.90 Å². The van der Waals surface area contributed by atoms with Crippen LogP contribution in [0, 0.1) is 0 Å². The molecule has 7 heteroatoms. The molecule has 0 radical (unpaired) electrons. The number of anilines is 2. The Balaban J connectivity index is 1.35. The summed E-state index contributed by atoms with van der Waals surface area (Å²) in [5.41, 5.74) is 4.66. The Labute approximate surface area is 194 Å². The fourth-order valence-corrected chi connectivity index (χ4v) is 6.19. The normalized spacial score (nSPS) is 16.1. The number of carbonyl (C=O) groups is 1. The van der Waals surface area contributed by atoms with Gasteiger partial charge in [-0.15, -0.1) is 0 Å². The van der Waals surface area contributed by atoms with Crippen molar-refractivity contribution < 1.29 is 13.2 Å². The van der Waals surface area contributed by atoms with Crippen LogP contribution in [0.5, 0.6) is 0 Å². The molecule has 0 bridgehead atoms. The van der Waals surface area contributed by atoms with Gasteiger partial charge < -0.3 is 10.2 Å². The maximum absolute atomic E-state index is 13.1. The molecular formula is C26H27N3O3S. The van der Waals surface area contributed by atoms with Crippen molar-refractivity contribution in [2.24, 2.45) is 0 Å². The second-order valence-electron chi connectivity index (χ2n) is 8.55. The Morgan fingerprint density at radius 1 is 0.879 bits per heavy atom. The third-order valence-corrected chi connectivity index (χ3v) is 8.30. The van der Waals surface area contributed by atoms with Gasteiger partial charge in [-0.1, -0.05) is 42.5 Å². The number of para-hydroxylation sites is 2. The van der Waals surface area contributed by atoms with Crippen molar-refractivity contribution in [1.82, 2.24) is 4.31 Å². The SMILES string of the molecule is O=C(Nc1ccccc1CN1CCc2ccccc21)c1cccc(S(=O)(=O)N2CCCC2)c1. The minimum Gasteiger partial charge on any atom is -0.367 e. The van der Waals surface area contributed by atoms with Crippen molar-refractivity contribution in [2.45, 2.75) is 30.7 Å². The van der Waals surface area contributed by atoms with Crippen molar-refractivity contribution in [3.8, 4) is 0 Å². The molecule has 0 spiro atoms. The largest absolute Gasteiger partial charge is 0.367 e. The molecule has 0 atom stereocenters. The molecular weight excluding hydrogens is 434 g/mol. The number of fused-ring (bicyclic) bond motifs is 1. The summed E-state index contributed by atoms with van der Waals surface area (Å²) in [5, 5.41) is 3.00. The van der Waals surface area contributed by atoms with Crippen molar-refractivity contribution in [3.05, 3.63) is 89.5 Å². The van der Waals surface area contributed by atoms with E-state index >= 15 is 0 Å². The van der Waals surface area contributed by atoms with Gasteiger partial charge in [0.1, 0.15) is 0 Å². The van der Waals surface area contributed by atoms with Crippen molar-refractivity contribution in [2.75, 3.05) is 29.9 Å². The first-order chi connectivity index (χ1) is 16.0. The van der Waals surface area contributed by atoms with Gasteiger partial charge in [0, 0.05) is 43.1 Å². The van der Waals surface area contributed by atoms with E-state index in [1.54, 1.807) is 18.2 Å². The lowest BCUT2D eigenvalue weighted by atomic mass is 10.1. The Bertz CT molecular complexity index is 1280. The zero-order chi connectivity index (χ0) is 22.8. The Kier molecular flexibility index (Phi) is 5.91. The average Bonchev–Trinajstić information content (AvgIpc) is 3.52. The van der Waals surface area contributed by atoms with E-state index in [0.717, 1.165) is 37.1 Å². The minimum absolute atomic E-state index is 0.166. The van der Waals surface area contributed by atoms with Gasteiger partial charge in [-0.3, -0.25) is 4.79 Å². The van der Waals surface area contributed by atoms with Crippen molar-refractivity contribution in [3.63, 3.8) is 0 Å². The van der Waals surface area contributed by atoms with E-state index < -0.39 is 10.0 Å².